The second-order valence-corrected chi connectivity index (χ2v) is 6.74. The molecule has 0 spiro atoms. The lowest BCUT2D eigenvalue weighted by Crippen LogP contribution is -2.52. The lowest BCUT2D eigenvalue weighted by Gasteiger charge is -2.38. The van der Waals surface area contributed by atoms with E-state index in [-0.39, 0.29) is 24.1 Å². The minimum absolute atomic E-state index is 0.00328. The summed E-state index contributed by atoms with van der Waals surface area (Å²) in [5.74, 6) is 1.19. The minimum Gasteiger partial charge on any atom is -0.493 e. The molecule has 2 aliphatic heterocycles. The normalized spacial score (nSPS) is 29.3. The number of nitrogens with zero attached hydrogens (tertiary/aromatic N) is 1. The van der Waals surface area contributed by atoms with Gasteiger partial charge in [0, 0.05) is 18.5 Å². The Morgan fingerprint density at radius 2 is 2.17 bits per heavy atom. The Labute approximate surface area is 137 Å². The molecule has 4 unspecified atom stereocenters. The first kappa shape index (κ1) is 16.3. The Hall–Kier alpha value is -1.59. The van der Waals surface area contributed by atoms with Crippen molar-refractivity contribution >= 4 is 5.91 Å². The van der Waals surface area contributed by atoms with Gasteiger partial charge in [-0.05, 0) is 31.9 Å². The van der Waals surface area contributed by atoms with Gasteiger partial charge in [-0.15, -0.1) is 0 Å². The first-order chi connectivity index (χ1) is 11.1. The van der Waals surface area contributed by atoms with Gasteiger partial charge in [0.25, 0.3) is 0 Å². The van der Waals surface area contributed by atoms with E-state index >= 15 is 0 Å². The van der Waals surface area contributed by atoms with Crippen LogP contribution < -0.4 is 10.1 Å². The highest BCUT2D eigenvalue weighted by Crippen LogP contribution is 2.31. The molecule has 23 heavy (non-hydrogen) atoms. The van der Waals surface area contributed by atoms with Gasteiger partial charge in [-0.25, -0.2) is 0 Å². The first-order valence-electron chi connectivity index (χ1n) is 8.50. The lowest BCUT2D eigenvalue weighted by molar-refractivity contribution is -0.128. The van der Waals surface area contributed by atoms with Gasteiger partial charge in [0.1, 0.15) is 5.75 Å². The molecule has 0 bridgehead atoms. The van der Waals surface area contributed by atoms with Crippen LogP contribution in [0, 0.1) is 5.92 Å². The summed E-state index contributed by atoms with van der Waals surface area (Å²) in [4.78, 5) is 14.7. The summed E-state index contributed by atoms with van der Waals surface area (Å²) >= 11 is 0. The Balaban J connectivity index is 1.63. The van der Waals surface area contributed by atoms with Crippen molar-refractivity contribution in [3.05, 3.63) is 29.8 Å². The third-order valence-corrected chi connectivity index (χ3v) is 5.15. The maximum absolute atomic E-state index is 12.6. The molecule has 0 radical (unpaired) electrons. The molecule has 126 valence electrons. The van der Waals surface area contributed by atoms with Gasteiger partial charge in [-0.3, -0.25) is 9.69 Å². The molecule has 3 rings (SSSR count). The molecule has 1 saturated heterocycles. The molecule has 5 nitrogen and oxygen atoms in total. The number of rotatable bonds is 3. The van der Waals surface area contributed by atoms with E-state index in [0.29, 0.717) is 19.1 Å². The number of para-hydroxylation sites is 1. The van der Waals surface area contributed by atoms with E-state index in [0.717, 1.165) is 30.7 Å². The summed E-state index contributed by atoms with van der Waals surface area (Å²) in [6.45, 7) is 6.03. The summed E-state index contributed by atoms with van der Waals surface area (Å²) in [6.07, 6.45) is 1.37. The van der Waals surface area contributed by atoms with E-state index in [9.17, 15) is 9.90 Å². The van der Waals surface area contributed by atoms with Crippen LogP contribution in [0.4, 0.5) is 0 Å². The number of fused-ring (bicyclic) bond motifs is 1. The van der Waals surface area contributed by atoms with Crippen LogP contribution in [0.1, 0.15) is 38.3 Å². The number of hydrogen-bond acceptors (Lipinski definition) is 4. The van der Waals surface area contributed by atoms with Gasteiger partial charge >= 0.3 is 0 Å². The van der Waals surface area contributed by atoms with Gasteiger partial charge in [0.05, 0.1) is 24.8 Å². The molecular formula is C18H26N2O3. The summed E-state index contributed by atoms with van der Waals surface area (Å²) in [6, 6.07) is 7.65. The van der Waals surface area contributed by atoms with Crippen LogP contribution in [0.15, 0.2) is 24.3 Å². The molecule has 4 atom stereocenters. The number of benzene rings is 1. The monoisotopic (exact) mass is 318 g/mol. The lowest BCUT2D eigenvalue weighted by atomic mass is 9.95. The van der Waals surface area contributed by atoms with E-state index in [1.54, 1.807) is 0 Å². The fourth-order valence-electron chi connectivity index (χ4n) is 3.38. The number of hydrogen-bond donors (Lipinski definition) is 2. The van der Waals surface area contributed by atoms with E-state index in [2.05, 4.69) is 17.1 Å². The van der Waals surface area contributed by atoms with Crippen LogP contribution in [0.25, 0.3) is 0 Å². The molecule has 0 aliphatic carbocycles. The number of carbonyl (C=O) groups is 1. The Kier molecular flexibility index (Phi) is 4.87. The molecule has 2 aliphatic rings. The van der Waals surface area contributed by atoms with Crippen molar-refractivity contribution in [2.45, 2.75) is 44.9 Å². The van der Waals surface area contributed by atoms with Crippen LogP contribution >= 0.6 is 0 Å². The van der Waals surface area contributed by atoms with E-state index < -0.39 is 0 Å². The van der Waals surface area contributed by atoms with Crippen molar-refractivity contribution in [2.75, 3.05) is 19.7 Å². The molecule has 1 amide bonds. The highest BCUT2D eigenvalue weighted by molar-refractivity contribution is 5.82. The van der Waals surface area contributed by atoms with Crippen molar-refractivity contribution in [2.24, 2.45) is 5.92 Å². The van der Waals surface area contributed by atoms with Crippen molar-refractivity contribution < 1.29 is 14.6 Å². The molecule has 1 fully saturated rings. The Bertz CT molecular complexity index is 563. The smallest absolute Gasteiger partial charge is 0.237 e. The summed E-state index contributed by atoms with van der Waals surface area (Å²) in [5, 5.41) is 13.2. The van der Waals surface area contributed by atoms with Crippen molar-refractivity contribution in [1.82, 2.24) is 10.2 Å². The Morgan fingerprint density at radius 1 is 1.39 bits per heavy atom. The van der Waals surface area contributed by atoms with Crippen LogP contribution in [-0.2, 0) is 4.79 Å². The van der Waals surface area contributed by atoms with Crippen LogP contribution in [0.2, 0.25) is 0 Å². The second kappa shape index (κ2) is 6.89. The number of aliphatic hydroxyl groups excluding tert-OH is 1. The molecule has 2 N–H and O–H groups in total. The molecule has 1 aromatic rings. The van der Waals surface area contributed by atoms with Gasteiger partial charge in [-0.2, -0.15) is 0 Å². The van der Waals surface area contributed by atoms with Crippen LogP contribution in [0.3, 0.4) is 0 Å². The number of ether oxygens (including phenoxy) is 1. The number of piperidine rings is 1. The summed E-state index contributed by atoms with van der Waals surface area (Å²) in [7, 11) is 0. The molecular weight excluding hydrogens is 292 g/mol. The van der Waals surface area contributed by atoms with Crippen LogP contribution in [0.5, 0.6) is 5.75 Å². The molecule has 0 aromatic heterocycles. The van der Waals surface area contributed by atoms with E-state index in [1.807, 2.05) is 31.2 Å². The van der Waals surface area contributed by atoms with Gasteiger partial charge < -0.3 is 15.2 Å². The van der Waals surface area contributed by atoms with E-state index in [1.165, 1.54) is 0 Å². The fourth-order valence-corrected chi connectivity index (χ4v) is 3.38. The molecule has 1 aromatic carbocycles. The molecule has 0 saturated carbocycles. The average molecular weight is 318 g/mol. The third kappa shape index (κ3) is 3.51. The largest absolute Gasteiger partial charge is 0.493 e. The highest BCUT2D eigenvalue weighted by Gasteiger charge is 2.31. The maximum Gasteiger partial charge on any atom is 0.237 e. The standard InChI is InChI=1S/C18H26N2O3/c1-12-7-9-20(11-16(12)21)13(2)18(22)19-15-8-10-23-17-6-4-3-5-14(15)17/h3-6,12-13,15-16,21H,7-11H2,1-2H3,(H,19,22). The van der Waals surface area contributed by atoms with Gasteiger partial charge in [-0.1, -0.05) is 25.1 Å². The van der Waals surface area contributed by atoms with Gasteiger partial charge in [0.15, 0.2) is 0 Å². The predicted molar refractivity (Wildman–Crippen MR) is 88.3 cm³/mol. The van der Waals surface area contributed by atoms with E-state index in [4.69, 9.17) is 4.74 Å². The SMILES string of the molecule is CC1CCN(C(C)C(=O)NC2CCOc3ccccc32)CC1O. The average Bonchev–Trinajstić information content (AvgIpc) is 2.57. The zero-order valence-electron chi connectivity index (χ0n) is 13.9. The number of likely N-dealkylation sites (tertiary alicyclic amines) is 1. The minimum atomic E-state index is -0.345. The predicted octanol–water partition coefficient (Wildman–Crippen LogP) is 1.72. The number of nitrogens with one attached hydrogen (secondary N) is 1. The van der Waals surface area contributed by atoms with Crippen molar-refractivity contribution in [3.63, 3.8) is 0 Å². The number of aliphatic hydroxyl groups is 1. The number of carbonyl (C=O) groups excluding carboxylic acids is 1. The zero-order valence-corrected chi connectivity index (χ0v) is 13.9. The first-order valence-corrected chi connectivity index (χ1v) is 8.50. The fraction of sp³-hybridized carbons (Fsp3) is 0.611. The number of amides is 1. The molecule has 2 heterocycles. The topological polar surface area (TPSA) is 61.8 Å². The highest BCUT2D eigenvalue weighted by atomic mass is 16.5. The summed E-state index contributed by atoms with van der Waals surface area (Å²) < 4.78 is 5.64. The quantitative estimate of drug-likeness (QED) is 0.891. The second-order valence-electron chi connectivity index (χ2n) is 6.74. The van der Waals surface area contributed by atoms with Crippen LogP contribution in [-0.4, -0.2) is 47.8 Å². The zero-order chi connectivity index (χ0) is 16.4. The molecule has 5 heteroatoms. The van der Waals surface area contributed by atoms with Crippen molar-refractivity contribution in [1.29, 1.82) is 0 Å². The maximum atomic E-state index is 12.6. The third-order valence-electron chi connectivity index (χ3n) is 5.15. The number of β-amino-alcohol motifs (C(OH)–C–C–N with tert-alkyl or cyclic N) is 1. The van der Waals surface area contributed by atoms with Crippen molar-refractivity contribution in [3.8, 4) is 5.75 Å². The Morgan fingerprint density at radius 3 is 2.96 bits per heavy atom. The van der Waals surface area contributed by atoms with Gasteiger partial charge in [0.2, 0.25) is 5.91 Å². The summed E-state index contributed by atoms with van der Waals surface area (Å²) in [5.41, 5.74) is 1.05.